The van der Waals surface area contributed by atoms with Gasteiger partial charge in [0.05, 0.1) is 18.9 Å². The van der Waals surface area contributed by atoms with Gasteiger partial charge in [0.25, 0.3) is 0 Å². The molecule has 1 amide bonds. The summed E-state index contributed by atoms with van der Waals surface area (Å²) >= 11 is 3.43. The van der Waals surface area contributed by atoms with Crippen LogP contribution < -0.4 is 20.1 Å². The van der Waals surface area contributed by atoms with Gasteiger partial charge in [0, 0.05) is 29.6 Å². The Kier molecular flexibility index (Phi) is 10.2. The lowest BCUT2D eigenvalue weighted by Crippen LogP contribution is -2.19. The Hall–Kier alpha value is -0.980. The van der Waals surface area contributed by atoms with Crippen LogP contribution in [0, 0.1) is 0 Å². The Balaban J connectivity index is 0.00000400. The van der Waals surface area contributed by atoms with Crippen LogP contribution in [-0.2, 0) is 4.79 Å². The van der Waals surface area contributed by atoms with Crippen molar-refractivity contribution in [2.45, 2.75) is 20.3 Å². The van der Waals surface area contributed by atoms with E-state index in [-0.39, 0.29) is 18.3 Å². The molecule has 21 heavy (non-hydrogen) atoms. The Morgan fingerprint density at radius 3 is 2.29 bits per heavy atom. The van der Waals surface area contributed by atoms with Gasteiger partial charge in [0.2, 0.25) is 5.91 Å². The quantitative estimate of drug-likeness (QED) is 0.726. The molecular weight excluding hydrogens is 360 g/mol. The molecule has 0 spiro atoms. The van der Waals surface area contributed by atoms with E-state index in [1.165, 1.54) is 0 Å². The molecule has 120 valence electrons. The number of amides is 1. The Labute approximate surface area is 140 Å². The van der Waals surface area contributed by atoms with Crippen LogP contribution in [0.3, 0.4) is 0 Å². The molecule has 7 heteroatoms. The van der Waals surface area contributed by atoms with Crippen LogP contribution in [0.5, 0.6) is 11.5 Å². The van der Waals surface area contributed by atoms with Crippen molar-refractivity contribution in [3.05, 3.63) is 16.6 Å². The second kappa shape index (κ2) is 10.7. The monoisotopic (exact) mass is 380 g/mol. The van der Waals surface area contributed by atoms with Crippen molar-refractivity contribution in [2.75, 3.05) is 32.1 Å². The average Bonchev–Trinajstić information content (AvgIpc) is 2.42. The number of rotatable bonds is 8. The van der Waals surface area contributed by atoms with Gasteiger partial charge in [-0.1, -0.05) is 0 Å². The summed E-state index contributed by atoms with van der Waals surface area (Å²) < 4.78 is 11.8. The fraction of sp³-hybridized carbons (Fsp3) is 0.500. The number of halogens is 2. The van der Waals surface area contributed by atoms with E-state index in [1.54, 1.807) is 6.07 Å². The predicted molar refractivity (Wildman–Crippen MR) is 90.9 cm³/mol. The summed E-state index contributed by atoms with van der Waals surface area (Å²) in [6.45, 7) is 5.55. The lowest BCUT2D eigenvalue weighted by Gasteiger charge is -2.14. The average molecular weight is 382 g/mol. The van der Waals surface area contributed by atoms with Crippen molar-refractivity contribution >= 4 is 39.9 Å². The van der Waals surface area contributed by atoms with Gasteiger partial charge < -0.3 is 20.1 Å². The molecule has 1 rings (SSSR count). The maximum atomic E-state index is 11.8. The SMILES string of the molecule is CCOc1cc(Br)c(NC(=O)CCNC)cc1OCC.Cl. The van der Waals surface area contributed by atoms with Gasteiger partial charge in [-0.25, -0.2) is 0 Å². The third-order valence-corrected chi connectivity index (χ3v) is 3.17. The maximum absolute atomic E-state index is 11.8. The molecule has 0 heterocycles. The van der Waals surface area contributed by atoms with E-state index in [1.807, 2.05) is 27.0 Å². The van der Waals surface area contributed by atoms with Gasteiger partial charge in [-0.15, -0.1) is 12.4 Å². The van der Waals surface area contributed by atoms with Gasteiger partial charge in [0.15, 0.2) is 11.5 Å². The first kappa shape index (κ1) is 20.0. The summed E-state index contributed by atoms with van der Waals surface area (Å²) in [4.78, 5) is 11.8. The van der Waals surface area contributed by atoms with Crippen LogP contribution in [0.25, 0.3) is 0 Å². The van der Waals surface area contributed by atoms with Crippen LogP contribution in [0.2, 0.25) is 0 Å². The first-order chi connectivity index (χ1) is 9.62. The van der Waals surface area contributed by atoms with Crippen molar-refractivity contribution in [3.63, 3.8) is 0 Å². The smallest absolute Gasteiger partial charge is 0.225 e. The summed E-state index contributed by atoms with van der Waals surface area (Å²) in [5.41, 5.74) is 0.679. The molecule has 0 aliphatic rings. The van der Waals surface area contributed by atoms with Crippen molar-refractivity contribution in [3.8, 4) is 11.5 Å². The molecular formula is C14H22BrClN2O3. The van der Waals surface area contributed by atoms with Crippen molar-refractivity contribution < 1.29 is 14.3 Å². The molecule has 0 fully saturated rings. The molecule has 0 unspecified atom stereocenters. The van der Waals surface area contributed by atoms with Crippen LogP contribution in [-0.4, -0.2) is 32.7 Å². The van der Waals surface area contributed by atoms with E-state index >= 15 is 0 Å². The lowest BCUT2D eigenvalue weighted by molar-refractivity contribution is -0.116. The summed E-state index contributed by atoms with van der Waals surface area (Å²) in [6.07, 6.45) is 0.417. The van der Waals surface area contributed by atoms with E-state index in [0.29, 0.717) is 43.4 Å². The number of carbonyl (C=O) groups excluding carboxylic acids is 1. The van der Waals surface area contributed by atoms with E-state index in [4.69, 9.17) is 9.47 Å². The molecule has 2 N–H and O–H groups in total. The number of ether oxygens (including phenoxy) is 2. The number of anilines is 1. The summed E-state index contributed by atoms with van der Waals surface area (Å²) in [5, 5.41) is 5.79. The molecule has 0 radical (unpaired) electrons. The van der Waals surface area contributed by atoms with Gasteiger partial charge in [-0.2, -0.15) is 0 Å². The minimum Gasteiger partial charge on any atom is -0.490 e. The van der Waals surface area contributed by atoms with E-state index in [0.717, 1.165) is 4.47 Å². The fourth-order valence-corrected chi connectivity index (χ4v) is 2.04. The van der Waals surface area contributed by atoms with E-state index < -0.39 is 0 Å². The van der Waals surface area contributed by atoms with E-state index in [2.05, 4.69) is 26.6 Å². The Bertz CT molecular complexity index is 458. The molecule has 0 atom stereocenters. The predicted octanol–water partition coefficient (Wildman–Crippen LogP) is 3.22. The minimum absolute atomic E-state index is 0. The molecule has 0 aliphatic carbocycles. The second-order valence-electron chi connectivity index (χ2n) is 4.05. The Morgan fingerprint density at radius 2 is 1.76 bits per heavy atom. The third-order valence-electron chi connectivity index (χ3n) is 2.51. The first-order valence-electron chi connectivity index (χ1n) is 6.65. The van der Waals surface area contributed by atoms with Crippen LogP contribution in [0.1, 0.15) is 20.3 Å². The fourth-order valence-electron chi connectivity index (χ4n) is 1.62. The third kappa shape index (κ3) is 6.54. The van der Waals surface area contributed by atoms with Gasteiger partial charge in [-0.05, 0) is 36.8 Å². The highest BCUT2D eigenvalue weighted by Gasteiger charge is 2.12. The van der Waals surface area contributed by atoms with Crippen molar-refractivity contribution in [1.82, 2.24) is 5.32 Å². The highest BCUT2D eigenvalue weighted by atomic mass is 79.9. The summed E-state index contributed by atoms with van der Waals surface area (Å²) in [6, 6.07) is 3.58. The van der Waals surface area contributed by atoms with Crippen molar-refractivity contribution in [2.24, 2.45) is 0 Å². The van der Waals surface area contributed by atoms with Crippen LogP contribution in [0.4, 0.5) is 5.69 Å². The lowest BCUT2D eigenvalue weighted by atomic mass is 10.2. The standard InChI is InChI=1S/C14H21BrN2O3.ClH/c1-4-19-12-8-10(15)11(9-13(12)20-5-2)17-14(18)6-7-16-3;/h8-9,16H,4-7H2,1-3H3,(H,17,18);1H. The van der Waals surface area contributed by atoms with E-state index in [9.17, 15) is 4.79 Å². The van der Waals surface area contributed by atoms with Crippen LogP contribution >= 0.6 is 28.3 Å². The number of carbonyl (C=O) groups is 1. The molecule has 5 nitrogen and oxygen atoms in total. The second-order valence-corrected chi connectivity index (χ2v) is 4.90. The molecule has 0 saturated heterocycles. The highest BCUT2D eigenvalue weighted by Crippen LogP contribution is 2.36. The summed E-state index contributed by atoms with van der Waals surface area (Å²) in [7, 11) is 1.81. The number of hydrogen-bond donors (Lipinski definition) is 2. The topological polar surface area (TPSA) is 59.6 Å². The Morgan fingerprint density at radius 1 is 1.19 bits per heavy atom. The van der Waals surface area contributed by atoms with Gasteiger partial charge in [-0.3, -0.25) is 4.79 Å². The largest absolute Gasteiger partial charge is 0.490 e. The molecule has 0 bridgehead atoms. The summed E-state index contributed by atoms with van der Waals surface area (Å²) in [5.74, 6) is 1.24. The zero-order valence-electron chi connectivity index (χ0n) is 12.5. The van der Waals surface area contributed by atoms with Crippen molar-refractivity contribution in [1.29, 1.82) is 0 Å². The number of nitrogens with one attached hydrogen (secondary N) is 2. The molecule has 0 saturated carbocycles. The molecule has 0 aliphatic heterocycles. The maximum Gasteiger partial charge on any atom is 0.225 e. The molecule has 1 aromatic rings. The highest BCUT2D eigenvalue weighted by molar-refractivity contribution is 9.10. The molecule has 0 aromatic heterocycles. The zero-order valence-corrected chi connectivity index (χ0v) is 14.9. The van der Waals surface area contributed by atoms with Gasteiger partial charge in [0.1, 0.15) is 0 Å². The number of benzene rings is 1. The normalized spacial score (nSPS) is 9.71. The zero-order chi connectivity index (χ0) is 15.0. The minimum atomic E-state index is -0.0494. The molecule has 1 aromatic carbocycles. The number of hydrogen-bond acceptors (Lipinski definition) is 4. The first-order valence-corrected chi connectivity index (χ1v) is 7.45. The van der Waals surface area contributed by atoms with Crippen LogP contribution in [0.15, 0.2) is 16.6 Å². The van der Waals surface area contributed by atoms with Gasteiger partial charge >= 0.3 is 0 Å².